The van der Waals surface area contributed by atoms with Crippen LogP contribution in [-0.2, 0) is 5.60 Å². The molecule has 0 aliphatic heterocycles. The zero-order valence-electron chi connectivity index (χ0n) is 15.4. The average Bonchev–Trinajstić information content (AvgIpc) is 3.29. The first kappa shape index (κ1) is 18.7. The highest BCUT2D eigenvalue weighted by atomic mass is 35.5. The van der Waals surface area contributed by atoms with Crippen molar-refractivity contribution in [2.75, 3.05) is 0 Å². The van der Waals surface area contributed by atoms with Crippen molar-refractivity contribution in [3.8, 4) is 32.4 Å². The van der Waals surface area contributed by atoms with Gasteiger partial charge in [-0.15, -0.1) is 11.3 Å². The molecule has 28 heavy (non-hydrogen) atoms. The number of aromatic hydroxyl groups is 1. The molecular weight excluding hydrogens is 392 g/mol. The van der Waals surface area contributed by atoms with Gasteiger partial charge in [-0.2, -0.15) is 5.10 Å². The van der Waals surface area contributed by atoms with Gasteiger partial charge in [-0.25, -0.2) is 4.68 Å². The number of thiophene rings is 1. The molecule has 0 amide bonds. The molecule has 0 unspecified atom stereocenters. The molecule has 2 heterocycles. The Bertz CT molecular complexity index is 1140. The molecule has 0 radical (unpaired) electrons. The molecule has 2 aromatic carbocycles. The Labute approximate surface area is 172 Å². The molecule has 0 bridgehead atoms. The first-order valence-electron chi connectivity index (χ1n) is 8.80. The second-order valence-electron chi connectivity index (χ2n) is 7.05. The summed E-state index contributed by atoms with van der Waals surface area (Å²) in [6, 6.07) is 20.6. The highest BCUT2D eigenvalue weighted by Gasteiger charge is 2.24. The SMILES string of the molecule is CC(C)(O)c1cc(-c2ccc(-c3cccc(O)c3)s2)n(-c2ccccc2Cl)n1. The van der Waals surface area contributed by atoms with Crippen molar-refractivity contribution in [1.29, 1.82) is 0 Å². The van der Waals surface area contributed by atoms with E-state index in [0.717, 1.165) is 26.7 Å². The summed E-state index contributed by atoms with van der Waals surface area (Å²) in [5.74, 6) is 0.234. The molecule has 0 saturated heterocycles. The maximum atomic E-state index is 10.5. The Kier molecular flexibility index (Phi) is 4.75. The number of aliphatic hydroxyl groups is 1. The van der Waals surface area contributed by atoms with Crippen molar-refractivity contribution < 1.29 is 10.2 Å². The van der Waals surface area contributed by atoms with Crippen molar-refractivity contribution in [2.24, 2.45) is 0 Å². The van der Waals surface area contributed by atoms with Gasteiger partial charge in [-0.3, -0.25) is 0 Å². The minimum absolute atomic E-state index is 0.234. The summed E-state index contributed by atoms with van der Waals surface area (Å²) in [5, 5.41) is 25.4. The number of benzene rings is 2. The van der Waals surface area contributed by atoms with Crippen LogP contribution >= 0.6 is 22.9 Å². The van der Waals surface area contributed by atoms with Gasteiger partial charge in [0.2, 0.25) is 0 Å². The number of aromatic nitrogens is 2. The van der Waals surface area contributed by atoms with E-state index >= 15 is 0 Å². The number of rotatable bonds is 4. The fraction of sp³-hybridized carbons (Fsp3) is 0.136. The summed E-state index contributed by atoms with van der Waals surface area (Å²) in [6.45, 7) is 3.42. The molecule has 2 N–H and O–H groups in total. The van der Waals surface area contributed by atoms with E-state index in [1.165, 1.54) is 0 Å². The molecule has 0 saturated carbocycles. The van der Waals surface area contributed by atoms with Gasteiger partial charge < -0.3 is 10.2 Å². The zero-order valence-corrected chi connectivity index (χ0v) is 17.0. The predicted octanol–water partition coefficient (Wildman–Crippen LogP) is 5.85. The molecular formula is C22H19ClN2O2S. The normalized spacial score (nSPS) is 11.7. The Balaban J connectivity index is 1.86. The fourth-order valence-electron chi connectivity index (χ4n) is 2.95. The van der Waals surface area contributed by atoms with Gasteiger partial charge in [0, 0.05) is 4.88 Å². The highest BCUT2D eigenvalue weighted by Crippen LogP contribution is 2.38. The van der Waals surface area contributed by atoms with Crippen LogP contribution in [0.25, 0.3) is 26.7 Å². The van der Waals surface area contributed by atoms with Crippen molar-refractivity contribution in [3.63, 3.8) is 0 Å². The smallest absolute Gasteiger partial charge is 0.116 e. The van der Waals surface area contributed by atoms with Crippen LogP contribution in [0.15, 0.2) is 66.7 Å². The number of hydrogen-bond donors (Lipinski definition) is 2. The minimum Gasteiger partial charge on any atom is -0.508 e. The Hall–Kier alpha value is -2.60. The number of para-hydroxylation sites is 1. The van der Waals surface area contributed by atoms with E-state index in [0.29, 0.717) is 10.7 Å². The van der Waals surface area contributed by atoms with Crippen LogP contribution in [0, 0.1) is 0 Å². The summed E-state index contributed by atoms with van der Waals surface area (Å²) in [6.07, 6.45) is 0. The van der Waals surface area contributed by atoms with Gasteiger partial charge in [0.1, 0.15) is 11.4 Å². The second kappa shape index (κ2) is 7.09. The second-order valence-corrected chi connectivity index (χ2v) is 8.54. The number of phenolic OH excluding ortho intramolecular Hbond substituents is 1. The van der Waals surface area contributed by atoms with Gasteiger partial charge in [-0.05, 0) is 61.9 Å². The van der Waals surface area contributed by atoms with E-state index in [9.17, 15) is 10.2 Å². The van der Waals surface area contributed by atoms with Crippen LogP contribution in [0.2, 0.25) is 5.02 Å². The third kappa shape index (κ3) is 3.56. The standard InChI is InChI=1S/C22H19ClN2O2S/c1-22(2,27)21-13-18(25(24-21)17-9-4-3-8-16(17)23)20-11-10-19(28-20)14-6-5-7-15(26)12-14/h3-13,26-27H,1-2H3. The van der Waals surface area contributed by atoms with Crippen LogP contribution in [0.4, 0.5) is 0 Å². The molecule has 4 nitrogen and oxygen atoms in total. The van der Waals surface area contributed by atoms with Gasteiger partial charge in [0.15, 0.2) is 0 Å². The molecule has 2 aromatic heterocycles. The number of nitrogens with zero attached hydrogens (tertiary/aromatic N) is 2. The largest absolute Gasteiger partial charge is 0.508 e. The zero-order chi connectivity index (χ0) is 19.9. The lowest BCUT2D eigenvalue weighted by Crippen LogP contribution is -2.16. The van der Waals surface area contributed by atoms with Crippen LogP contribution in [-0.4, -0.2) is 20.0 Å². The van der Waals surface area contributed by atoms with Gasteiger partial charge in [0.25, 0.3) is 0 Å². The lowest BCUT2D eigenvalue weighted by molar-refractivity contribution is 0.0734. The lowest BCUT2D eigenvalue weighted by atomic mass is 10.1. The van der Waals surface area contributed by atoms with Gasteiger partial charge in [0.05, 0.1) is 27.0 Å². The van der Waals surface area contributed by atoms with Crippen LogP contribution in [0.3, 0.4) is 0 Å². The van der Waals surface area contributed by atoms with Crippen LogP contribution in [0.5, 0.6) is 5.75 Å². The van der Waals surface area contributed by atoms with E-state index in [-0.39, 0.29) is 5.75 Å². The molecule has 4 rings (SSSR count). The number of phenols is 1. The first-order valence-corrected chi connectivity index (χ1v) is 10.00. The molecule has 0 fully saturated rings. The van der Waals surface area contributed by atoms with E-state index in [1.54, 1.807) is 42.0 Å². The van der Waals surface area contributed by atoms with Gasteiger partial charge >= 0.3 is 0 Å². The van der Waals surface area contributed by atoms with Crippen LogP contribution in [0.1, 0.15) is 19.5 Å². The molecule has 0 atom stereocenters. The monoisotopic (exact) mass is 410 g/mol. The lowest BCUT2D eigenvalue weighted by Gasteiger charge is -2.13. The topological polar surface area (TPSA) is 58.3 Å². The van der Waals surface area contributed by atoms with E-state index in [4.69, 9.17) is 11.6 Å². The fourth-order valence-corrected chi connectivity index (χ4v) is 4.17. The highest BCUT2D eigenvalue weighted by molar-refractivity contribution is 7.18. The molecule has 4 aromatic rings. The first-order chi connectivity index (χ1) is 13.3. The maximum absolute atomic E-state index is 10.5. The minimum atomic E-state index is -1.08. The average molecular weight is 411 g/mol. The Morgan fingerprint density at radius 1 is 0.964 bits per heavy atom. The predicted molar refractivity (Wildman–Crippen MR) is 114 cm³/mol. The summed E-state index contributed by atoms with van der Waals surface area (Å²) in [4.78, 5) is 2.02. The van der Waals surface area contributed by atoms with E-state index in [2.05, 4.69) is 5.10 Å². The quantitative estimate of drug-likeness (QED) is 0.443. The molecule has 142 valence electrons. The Morgan fingerprint density at radius 2 is 1.71 bits per heavy atom. The molecule has 0 aliphatic carbocycles. The van der Waals surface area contributed by atoms with Gasteiger partial charge in [-0.1, -0.05) is 35.9 Å². The van der Waals surface area contributed by atoms with Crippen LogP contribution < -0.4 is 0 Å². The Morgan fingerprint density at radius 3 is 2.43 bits per heavy atom. The summed E-state index contributed by atoms with van der Waals surface area (Å²) in [5.41, 5.74) is 2.04. The number of halogens is 1. The maximum Gasteiger partial charge on any atom is 0.116 e. The summed E-state index contributed by atoms with van der Waals surface area (Å²) >= 11 is 8.00. The summed E-state index contributed by atoms with van der Waals surface area (Å²) in [7, 11) is 0. The molecule has 0 aliphatic rings. The van der Waals surface area contributed by atoms with E-state index < -0.39 is 5.60 Å². The summed E-state index contributed by atoms with van der Waals surface area (Å²) < 4.78 is 1.77. The van der Waals surface area contributed by atoms with Crippen molar-refractivity contribution >= 4 is 22.9 Å². The van der Waals surface area contributed by atoms with E-state index in [1.807, 2.05) is 54.6 Å². The van der Waals surface area contributed by atoms with Crippen molar-refractivity contribution in [3.05, 3.63) is 77.4 Å². The van der Waals surface area contributed by atoms with Crippen molar-refractivity contribution in [1.82, 2.24) is 9.78 Å². The molecule has 6 heteroatoms. The van der Waals surface area contributed by atoms with Crippen molar-refractivity contribution in [2.45, 2.75) is 19.4 Å². The third-order valence-electron chi connectivity index (χ3n) is 4.41. The molecule has 0 spiro atoms. The third-order valence-corrected chi connectivity index (χ3v) is 5.88. The number of hydrogen-bond acceptors (Lipinski definition) is 4.